The topological polar surface area (TPSA) is 86.0 Å². The van der Waals surface area contributed by atoms with Crippen molar-refractivity contribution in [1.29, 1.82) is 0 Å². The van der Waals surface area contributed by atoms with Gasteiger partial charge in [0.05, 0.1) is 17.9 Å². The molecule has 1 N–H and O–H groups in total. The Bertz CT molecular complexity index is 658. The second-order valence-electron chi connectivity index (χ2n) is 5.99. The summed E-state index contributed by atoms with van der Waals surface area (Å²) < 4.78 is 15.6. The third-order valence-corrected chi connectivity index (χ3v) is 4.65. The molecule has 0 aromatic carbocycles. The number of cyclic esters (lactones) is 1. The van der Waals surface area contributed by atoms with Gasteiger partial charge in [-0.2, -0.15) is 0 Å². The van der Waals surface area contributed by atoms with Crippen molar-refractivity contribution in [2.45, 2.75) is 38.1 Å². The van der Waals surface area contributed by atoms with E-state index in [1.54, 1.807) is 13.0 Å². The van der Waals surface area contributed by atoms with Crippen molar-refractivity contribution in [3.63, 3.8) is 0 Å². The molecule has 1 aromatic rings. The monoisotopic (exact) mass is 290 g/mol. The summed E-state index contributed by atoms with van der Waals surface area (Å²) in [4.78, 5) is 24.4. The van der Waals surface area contributed by atoms with Gasteiger partial charge in [0, 0.05) is 24.0 Å². The van der Waals surface area contributed by atoms with Crippen molar-refractivity contribution < 1.29 is 28.6 Å². The number of hydrogen-bond donors (Lipinski definition) is 1. The molecule has 3 heterocycles. The van der Waals surface area contributed by atoms with Crippen molar-refractivity contribution in [3.05, 3.63) is 35.3 Å². The van der Waals surface area contributed by atoms with Crippen LogP contribution in [0, 0.1) is 5.41 Å². The molecule has 0 radical (unpaired) electrons. The molecule has 110 valence electrons. The molecular weight excluding hydrogens is 276 g/mol. The maximum atomic E-state index is 12.3. The molecule has 4 rings (SSSR count). The predicted octanol–water partition coefficient (Wildman–Crippen LogP) is 1.26. The third-order valence-electron chi connectivity index (χ3n) is 4.65. The van der Waals surface area contributed by atoms with E-state index in [-0.39, 0.29) is 12.1 Å². The lowest BCUT2D eigenvalue weighted by molar-refractivity contribution is -0.154. The van der Waals surface area contributed by atoms with E-state index in [4.69, 9.17) is 13.9 Å². The quantitative estimate of drug-likeness (QED) is 0.784. The number of ether oxygens (including phenoxy) is 2. The Morgan fingerprint density at radius 1 is 1.33 bits per heavy atom. The highest BCUT2D eigenvalue weighted by molar-refractivity contribution is 5.96. The van der Waals surface area contributed by atoms with Gasteiger partial charge >= 0.3 is 11.9 Å². The fraction of sp³-hybridized carbons (Fsp3) is 0.467. The highest BCUT2D eigenvalue weighted by Crippen LogP contribution is 2.53. The van der Waals surface area contributed by atoms with Crippen LogP contribution < -0.4 is 0 Å². The predicted molar refractivity (Wildman–Crippen MR) is 67.8 cm³/mol. The Balaban J connectivity index is 1.84. The lowest BCUT2D eigenvalue weighted by Gasteiger charge is -2.39. The molecule has 4 atom stereocenters. The maximum Gasteiger partial charge on any atom is 0.334 e. The first-order chi connectivity index (χ1) is 10.0. The third kappa shape index (κ3) is 1.56. The first-order valence-corrected chi connectivity index (χ1v) is 6.86. The highest BCUT2D eigenvalue weighted by atomic mass is 16.6. The van der Waals surface area contributed by atoms with Crippen LogP contribution in [0.15, 0.2) is 34.2 Å². The summed E-state index contributed by atoms with van der Waals surface area (Å²) in [6.45, 7) is 1.72. The second-order valence-corrected chi connectivity index (χ2v) is 5.99. The minimum atomic E-state index is -1.06. The van der Waals surface area contributed by atoms with Crippen LogP contribution in [0.4, 0.5) is 0 Å². The summed E-state index contributed by atoms with van der Waals surface area (Å²) in [7, 11) is 0. The smallest absolute Gasteiger partial charge is 0.334 e. The van der Waals surface area contributed by atoms with E-state index < -0.39 is 23.6 Å². The van der Waals surface area contributed by atoms with E-state index in [1.807, 2.05) is 0 Å². The van der Waals surface area contributed by atoms with Crippen molar-refractivity contribution >= 4 is 11.9 Å². The molecule has 2 aliphatic heterocycles. The number of aliphatic hydroxyl groups excluding tert-OH is 1. The molecule has 21 heavy (non-hydrogen) atoms. The van der Waals surface area contributed by atoms with Crippen LogP contribution in [0.1, 0.15) is 31.4 Å². The minimum Gasteiger partial charge on any atom is -0.472 e. The Kier molecular flexibility index (Phi) is 2.39. The zero-order chi connectivity index (χ0) is 14.8. The van der Waals surface area contributed by atoms with E-state index in [1.165, 1.54) is 12.5 Å². The summed E-state index contributed by atoms with van der Waals surface area (Å²) in [6.07, 6.45) is 1.46. The standard InChI is InChI=1S/C15H14O6/c1-15-5-8(20-14(15)18)4-9-10(15)11(16)12(21-13(9)17)7-2-3-19-6-7/h2-3,6,8,11-12,16H,4-5H2,1H3/t8-,11-,12+,15-/m1/s1. The molecule has 1 aromatic heterocycles. The zero-order valence-corrected chi connectivity index (χ0v) is 11.4. The van der Waals surface area contributed by atoms with Crippen LogP contribution in [-0.2, 0) is 19.1 Å². The molecular formula is C15H14O6. The summed E-state index contributed by atoms with van der Waals surface area (Å²) in [6, 6.07) is 1.63. The number of esters is 2. The second kappa shape index (κ2) is 3.98. The molecule has 6 nitrogen and oxygen atoms in total. The molecule has 0 spiro atoms. The number of carbonyl (C=O) groups is 2. The van der Waals surface area contributed by atoms with Crippen LogP contribution in [-0.4, -0.2) is 29.3 Å². The summed E-state index contributed by atoms with van der Waals surface area (Å²) in [5.41, 5.74) is 0.453. The van der Waals surface area contributed by atoms with Gasteiger partial charge in [-0.3, -0.25) is 4.79 Å². The molecule has 0 unspecified atom stereocenters. The number of hydrogen-bond acceptors (Lipinski definition) is 6. The molecule has 1 fully saturated rings. The fourth-order valence-electron chi connectivity index (χ4n) is 3.65. The summed E-state index contributed by atoms with van der Waals surface area (Å²) in [5, 5.41) is 10.7. The number of rotatable bonds is 1. The average Bonchev–Trinajstić information content (AvgIpc) is 3.02. The molecule has 1 aliphatic carbocycles. The Labute approximate surface area is 120 Å². The highest BCUT2D eigenvalue weighted by Gasteiger charge is 2.58. The van der Waals surface area contributed by atoms with Gasteiger partial charge in [-0.25, -0.2) is 4.79 Å². The van der Waals surface area contributed by atoms with Crippen molar-refractivity contribution in [1.82, 2.24) is 0 Å². The molecule has 1 saturated heterocycles. The van der Waals surface area contributed by atoms with E-state index in [0.29, 0.717) is 29.6 Å². The summed E-state index contributed by atoms with van der Waals surface area (Å²) in [5.74, 6) is -0.868. The number of fused-ring (bicyclic) bond motifs is 3. The average molecular weight is 290 g/mol. The van der Waals surface area contributed by atoms with Gasteiger partial charge in [0.1, 0.15) is 12.2 Å². The molecule has 0 amide bonds. The molecule has 3 aliphatic rings. The Morgan fingerprint density at radius 2 is 2.14 bits per heavy atom. The summed E-state index contributed by atoms with van der Waals surface area (Å²) >= 11 is 0. The van der Waals surface area contributed by atoms with Gasteiger partial charge in [-0.05, 0) is 18.6 Å². The van der Waals surface area contributed by atoms with Gasteiger partial charge < -0.3 is 19.0 Å². The van der Waals surface area contributed by atoms with Gasteiger partial charge in [0.2, 0.25) is 0 Å². The van der Waals surface area contributed by atoms with Crippen LogP contribution in [0.5, 0.6) is 0 Å². The van der Waals surface area contributed by atoms with E-state index in [0.717, 1.165) is 0 Å². The van der Waals surface area contributed by atoms with Gasteiger partial charge in [0.15, 0.2) is 6.10 Å². The van der Waals surface area contributed by atoms with Crippen LogP contribution in [0.25, 0.3) is 0 Å². The van der Waals surface area contributed by atoms with Crippen LogP contribution >= 0.6 is 0 Å². The fourth-order valence-corrected chi connectivity index (χ4v) is 3.65. The largest absolute Gasteiger partial charge is 0.472 e. The first-order valence-electron chi connectivity index (χ1n) is 6.86. The van der Waals surface area contributed by atoms with Gasteiger partial charge in [-0.15, -0.1) is 0 Å². The van der Waals surface area contributed by atoms with Gasteiger partial charge in [0.25, 0.3) is 0 Å². The van der Waals surface area contributed by atoms with E-state index >= 15 is 0 Å². The zero-order valence-electron chi connectivity index (χ0n) is 11.4. The maximum absolute atomic E-state index is 12.3. The van der Waals surface area contributed by atoms with E-state index in [9.17, 15) is 14.7 Å². The number of carbonyl (C=O) groups excluding carboxylic acids is 2. The number of furan rings is 1. The number of aliphatic hydroxyl groups is 1. The van der Waals surface area contributed by atoms with Crippen molar-refractivity contribution in [2.24, 2.45) is 5.41 Å². The van der Waals surface area contributed by atoms with Crippen LogP contribution in [0.2, 0.25) is 0 Å². The first kappa shape index (κ1) is 12.6. The van der Waals surface area contributed by atoms with Gasteiger partial charge in [-0.1, -0.05) is 0 Å². The normalized spacial score (nSPS) is 38.1. The lowest BCUT2D eigenvalue weighted by atomic mass is 9.68. The van der Waals surface area contributed by atoms with Crippen LogP contribution in [0.3, 0.4) is 0 Å². The SMILES string of the molecule is C[C@@]12C[C@@H](CC3=C1[C@@H](O)[C@H](c1ccoc1)OC3=O)OC2=O. The molecule has 0 saturated carbocycles. The molecule has 6 heteroatoms. The Morgan fingerprint density at radius 3 is 2.86 bits per heavy atom. The minimum absolute atomic E-state index is 0.300. The lowest BCUT2D eigenvalue weighted by Crippen LogP contribution is -2.43. The molecule has 2 bridgehead atoms. The van der Waals surface area contributed by atoms with Crippen molar-refractivity contribution in [2.75, 3.05) is 0 Å². The Hall–Kier alpha value is -2.08. The van der Waals surface area contributed by atoms with E-state index in [2.05, 4.69) is 0 Å². The van der Waals surface area contributed by atoms with Crippen molar-refractivity contribution in [3.8, 4) is 0 Å².